The first-order chi connectivity index (χ1) is 8.13. The minimum atomic E-state index is 0.652. The van der Waals surface area contributed by atoms with Gasteiger partial charge in [0.1, 0.15) is 5.76 Å². The van der Waals surface area contributed by atoms with E-state index >= 15 is 0 Å². The molecule has 17 heavy (non-hydrogen) atoms. The molecule has 0 fully saturated rings. The molecule has 2 nitrogen and oxygen atoms in total. The van der Waals surface area contributed by atoms with Gasteiger partial charge in [0.05, 0.1) is 11.6 Å². The topological polar surface area (TPSA) is 25.2 Å². The van der Waals surface area contributed by atoms with E-state index in [9.17, 15) is 0 Å². The number of aryl methyl sites for hydroxylation is 1. The molecule has 0 amide bonds. The van der Waals surface area contributed by atoms with Crippen molar-refractivity contribution in [1.29, 1.82) is 0 Å². The van der Waals surface area contributed by atoms with Gasteiger partial charge in [-0.2, -0.15) is 0 Å². The van der Waals surface area contributed by atoms with Crippen LogP contribution >= 0.6 is 27.5 Å². The predicted octanol–water partition coefficient (Wildman–Crippen LogP) is 4.66. The Morgan fingerprint density at radius 3 is 2.88 bits per heavy atom. The normalized spacial score (nSPS) is 11.3. The zero-order chi connectivity index (χ0) is 12.4. The maximum absolute atomic E-state index is 6.16. The summed E-state index contributed by atoms with van der Waals surface area (Å²) < 4.78 is 6.79. The second kappa shape index (κ2) is 5.42. The molecule has 0 bridgehead atoms. The summed E-state index contributed by atoms with van der Waals surface area (Å²) in [6.45, 7) is 5.96. The average Bonchev–Trinajstić information content (AvgIpc) is 2.58. The molecule has 1 N–H and O–H groups in total. The van der Waals surface area contributed by atoms with Gasteiger partial charge < -0.3 is 9.73 Å². The minimum Gasteiger partial charge on any atom is -0.458 e. The van der Waals surface area contributed by atoms with Crippen LogP contribution in [-0.4, -0.2) is 6.54 Å². The predicted molar refractivity (Wildman–Crippen MR) is 75.7 cm³/mol. The van der Waals surface area contributed by atoms with Gasteiger partial charge in [-0.15, -0.1) is 0 Å². The first-order valence-corrected chi connectivity index (χ1v) is 6.88. The lowest BCUT2D eigenvalue weighted by Gasteiger charge is -2.00. The molecule has 2 aromatic rings. The van der Waals surface area contributed by atoms with Gasteiger partial charge in [-0.1, -0.05) is 34.5 Å². The number of hydrogen-bond donors (Lipinski definition) is 1. The first kappa shape index (κ1) is 12.9. The van der Waals surface area contributed by atoms with Crippen LogP contribution in [0, 0.1) is 6.92 Å². The zero-order valence-corrected chi connectivity index (χ0v) is 12.3. The standard InChI is InChI=1S/C13H15BrClNO/c1-3-4-16-7-12-8(2)10-5-9(14)6-11(15)13(10)17-12/h5-6,16H,3-4,7H2,1-2H3. The number of benzene rings is 1. The van der Waals surface area contributed by atoms with Gasteiger partial charge >= 0.3 is 0 Å². The first-order valence-electron chi connectivity index (χ1n) is 5.71. The maximum Gasteiger partial charge on any atom is 0.153 e. The van der Waals surface area contributed by atoms with Crippen LogP contribution in [0.15, 0.2) is 21.0 Å². The molecule has 0 atom stereocenters. The fraction of sp³-hybridized carbons (Fsp3) is 0.385. The molecule has 92 valence electrons. The van der Waals surface area contributed by atoms with E-state index < -0.39 is 0 Å². The Kier molecular flexibility index (Phi) is 4.13. The van der Waals surface area contributed by atoms with E-state index in [1.807, 2.05) is 12.1 Å². The summed E-state index contributed by atoms with van der Waals surface area (Å²) in [7, 11) is 0. The van der Waals surface area contributed by atoms with Crippen molar-refractivity contribution in [3.05, 3.63) is 33.0 Å². The zero-order valence-electron chi connectivity index (χ0n) is 9.94. The van der Waals surface area contributed by atoms with Crippen LogP contribution in [0.3, 0.4) is 0 Å². The summed E-state index contributed by atoms with van der Waals surface area (Å²) in [5, 5.41) is 5.07. The highest BCUT2D eigenvalue weighted by Crippen LogP contribution is 2.33. The van der Waals surface area contributed by atoms with Crippen molar-refractivity contribution in [3.63, 3.8) is 0 Å². The number of nitrogens with one attached hydrogen (secondary N) is 1. The SMILES string of the molecule is CCCNCc1oc2c(Cl)cc(Br)cc2c1C. The minimum absolute atomic E-state index is 0.652. The van der Waals surface area contributed by atoms with Crippen LogP contribution < -0.4 is 5.32 Å². The van der Waals surface area contributed by atoms with Gasteiger partial charge in [0.2, 0.25) is 0 Å². The van der Waals surface area contributed by atoms with Gasteiger partial charge in [0, 0.05) is 9.86 Å². The third-order valence-corrected chi connectivity index (χ3v) is 3.51. The third kappa shape index (κ3) is 2.67. The van der Waals surface area contributed by atoms with E-state index in [1.54, 1.807) is 0 Å². The van der Waals surface area contributed by atoms with Crippen LogP contribution in [0.1, 0.15) is 24.7 Å². The summed E-state index contributed by atoms with van der Waals surface area (Å²) in [5.41, 5.74) is 1.94. The molecule has 0 aliphatic carbocycles. The van der Waals surface area contributed by atoms with Crippen molar-refractivity contribution in [2.24, 2.45) is 0 Å². The lowest BCUT2D eigenvalue weighted by molar-refractivity contribution is 0.510. The van der Waals surface area contributed by atoms with E-state index in [0.29, 0.717) is 5.02 Å². The molecule has 1 heterocycles. The van der Waals surface area contributed by atoms with Crippen molar-refractivity contribution >= 4 is 38.5 Å². The molecule has 1 aromatic carbocycles. The van der Waals surface area contributed by atoms with Gasteiger partial charge in [0.15, 0.2) is 5.58 Å². The van der Waals surface area contributed by atoms with Crippen LogP contribution in [0.5, 0.6) is 0 Å². The Morgan fingerprint density at radius 2 is 2.18 bits per heavy atom. The highest BCUT2D eigenvalue weighted by atomic mass is 79.9. The quantitative estimate of drug-likeness (QED) is 0.830. The summed E-state index contributed by atoms with van der Waals surface area (Å²) in [5.74, 6) is 0.966. The Hall–Kier alpha value is -0.510. The molecule has 0 saturated carbocycles. The van der Waals surface area contributed by atoms with Crippen LogP contribution in [0.2, 0.25) is 5.02 Å². The number of halogens is 2. The smallest absolute Gasteiger partial charge is 0.153 e. The van der Waals surface area contributed by atoms with Crippen molar-refractivity contribution < 1.29 is 4.42 Å². The number of rotatable bonds is 4. The molecular formula is C13H15BrClNO. The largest absolute Gasteiger partial charge is 0.458 e. The van der Waals surface area contributed by atoms with Gasteiger partial charge in [0.25, 0.3) is 0 Å². The Labute approximate surface area is 114 Å². The van der Waals surface area contributed by atoms with E-state index in [4.69, 9.17) is 16.0 Å². The molecule has 0 aliphatic rings. The maximum atomic E-state index is 6.16. The second-order valence-corrected chi connectivity index (χ2v) is 5.41. The molecule has 1 aromatic heterocycles. The van der Waals surface area contributed by atoms with E-state index in [1.165, 1.54) is 0 Å². The Morgan fingerprint density at radius 1 is 1.41 bits per heavy atom. The van der Waals surface area contributed by atoms with Gasteiger partial charge in [-0.05, 0) is 37.6 Å². The van der Waals surface area contributed by atoms with Gasteiger partial charge in [-0.25, -0.2) is 0 Å². The fourth-order valence-corrected chi connectivity index (χ4v) is 2.69. The Bertz CT molecular complexity index is 536. The molecule has 0 aliphatic heterocycles. The summed E-state index contributed by atoms with van der Waals surface area (Å²) in [6.07, 6.45) is 1.12. The van der Waals surface area contributed by atoms with Crippen LogP contribution in [0.4, 0.5) is 0 Å². The number of fused-ring (bicyclic) bond motifs is 1. The molecule has 0 spiro atoms. The number of hydrogen-bond acceptors (Lipinski definition) is 2. The average molecular weight is 317 g/mol. The monoisotopic (exact) mass is 315 g/mol. The van der Waals surface area contributed by atoms with Crippen LogP contribution in [-0.2, 0) is 6.54 Å². The highest BCUT2D eigenvalue weighted by Gasteiger charge is 2.13. The molecule has 0 unspecified atom stereocenters. The van der Waals surface area contributed by atoms with Crippen molar-refractivity contribution in [2.75, 3.05) is 6.54 Å². The lowest BCUT2D eigenvalue weighted by atomic mass is 10.1. The van der Waals surface area contributed by atoms with Gasteiger partial charge in [-0.3, -0.25) is 0 Å². The molecule has 0 saturated heterocycles. The molecular weight excluding hydrogens is 302 g/mol. The summed E-state index contributed by atoms with van der Waals surface area (Å²) in [4.78, 5) is 0. The number of furan rings is 1. The fourth-order valence-electron chi connectivity index (χ4n) is 1.84. The van der Waals surface area contributed by atoms with Crippen molar-refractivity contribution in [1.82, 2.24) is 5.32 Å². The summed E-state index contributed by atoms with van der Waals surface area (Å²) in [6, 6.07) is 3.90. The lowest BCUT2D eigenvalue weighted by Crippen LogP contribution is -2.13. The molecule has 0 radical (unpaired) electrons. The van der Waals surface area contributed by atoms with Crippen molar-refractivity contribution in [2.45, 2.75) is 26.8 Å². The summed E-state index contributed by atoms with van der Waals surface area (Å²) >= 11 is 9.61. The second-order valence-electron chi connectivity index (χ2n) is 4.09. The molecule has 4 heteroatoms. The van der Waals surface area contributed by atoms with Crippen LogP contribution in [0.25, 0.3) is 11.0 Å². The van der Waals surface area contributed by atoms with E-state index in [0.717, 1.165) is 46.3 Å². The van der Waals surface area contributed by atoms with E-state index in [-0.39, 0.29) is 0 Å². The van der Waals surface area contributed by atoms with E-state index in [2.05, 4.69) is 35.1 Å². The highest BCUT2D eigenvalue weighted by molar-refractivity contribution is 9.10. The Balaban J connectivity index is 2.39. The van der Waals surface area contributed by atoms with Crippen molar-refractivity contribution in [3.8, 4) is 0 Å². The molecule has 2 rings (SSSR count). The third-order valence-electron chi connectivity index (χ3n) is 2.77.